The number of nitrogens with one attached hydrogen (secondary N) is 1. The third-order valence-electron chi connectivity index (χ3n) is 3.15. The summed E-state index contributed by atoms with van der Waals surface area (Å²) in [5.41, 5.74) is 0. The number of carboxylic acids is 1. The fourth-order valence-electron chi connectivity index (χ4n) is 1.99. The highest BCUT2D eigenvalue weighted by molar-refractivity contribution is 5.84. The van der Waals surface area contributed by atoms with Crippen LogP contribution >= 0.6 is 0 Å². The summed E-state index contributed by atoms with van der Waals surface area (Å²) in [5, 5.41) is 11.8. The van der Waals surface area contributed by atoms with Crippen molar-refractivity contribution in [1.29, 1.82) is 0 Å². The average molecular weight is 282 g/mol. The lowest BCUT2D eigenvalue weighted by molar-refractivity contribution is -0.137. The topological polar surface area (TPSA) is 92.0 Å². The average Bonchev–Trinajstić information content (AvgIpc) is 2.94. The highest BCUT2D eigenvalue weighted by Gasteiger charge is 2.22. The molecule has 1 aliphatic rings. The lowest BCUT2D eigenvalue weighted by atomic mass is 10.2. The molecular weight excluding hydrogens is 264 g/mol. The molecule has 110 valence electrons. The number of hydrogen-bond donors (Lipinski definition) is 2. The Bertz CT molecular complexity index is 479. The second kappa shape index (κ2) is 6.53. The molecule has 1 fully saturated rings. The fraction of sp³-hybridized carbons (Fsp3) is 0.538. The first-order valence-corrected chi connectivity index (χ1v) is 6.50. The zero-order valence-corrected chi connectivity index (χ0v) is 11.3. The van der Waals surface area contributed by atoms with Gasteiger partial charge in [0.1, 0.15) is 5.76 Å². The van der Waals surface area contributed by atoms with Crippen LogP contribution in [0.3, 0.4) is 0 Å². The van der Waals surface area contributed by atoms with E-state index in [1.54, 1.807) is 17.9 Å². The molecule has 2 rings (SSSR count). The van der Waals surface area contributed by atoms with E-state index in [4.69, 9.17) is 14.3 Å². The van der Waals surface area contributed by atoms with Crippen LogP contribution in [0.5, 0.6) is 0 Å². The van der Waals surface area contributed by atoms with Crippen LogP contribution in [0.1, 0.15) is 23.2 Å². The van der Waals surface area contributed by atoms with Gasteiger partial charge in [-0.05, 0) is 19.1 Å². The molecule has 0 radical (unpaired) electrons. The van der Waals surface area contributed by atoms with E-state index in [0.29, 0.717) is 38.6 Å². The van der Waals surface area contributed by atoms with Crippen molar-refractivity contribution in [2.24, 2.45) is 0 Å². The van der Waals surface area contributed by atoms with E-state index in [0.717, 1.165) is 0 Å². The summed E-state index contributed by atoms with van der Waals surface area (Å²) in [6.07, 6.45) is 0. The maximum atomic E-state index is 12.1. The second-order valence-electron chi connectivity index (χ2n) is 4.61. The SMILES string of the molecule is CC(NCc1ccc(C(=O)O)o1)C(=O)N1CCOCC1. The Morgan fingerprint density at radius 2 is 2.10 bits per heavy atom. The molecule has 1 aromatic heterocycles. The molecule has 1 amide bonds. The number of nitrogens with zero attached hydrogens (tertiary/aromatic N) is 1. The molecule has 2 N–H and O–H groups in total. The van der Waals surface area contributed by atoms with Gasteiger partial charge < -0.3 is 19.2 Å². The summed E-state index contributed by atoms with van der Waals surface area (Å²) >= 11 is 0. The lowest BCUT2D eigenvalue weighted by Gasteiger charge is -2.29. The summed E-state index contributed by atoms with van der Waals surface area (Å²) in [4.78, 5) is 24.6. The number of amides is 1. The van der Waals surface area contributed by atoms with Crippen molar-refractivity contribution in [3.63, 3.8) is 0 Å². The van der Waals surface area contributed by atoms with Crippen molar-refractivity contribution in [2.45, 2.75) is 19.5 Å². The largest absolute Gasteiger partial charge is 0.475 e. The monoisotopic (exact) mass is 282 g/mol. The van der Waals surface area contributed by atoms with Gasteiger partial charge in [-0.3, -0.25) is 10.1 Å². The van der Waals surface area contributed by atoms with Gasteiger partial charge in [-0.25, -0.2) is 4.79 Å². The Balaban J connectivity index is 1.82. The number of furan rings is 1. The van der Waals surface area contributed by atoms with Crippen LogP contribution in [0.25, 0.3) is 0 Å². The molecule has 1 aromatic rings. The third kappa shape index (κ3) is 3.58. The predicted molar refractivity (Wildman–Crippen MR) is 69.4 cm³/mol. The van der Waals surface area contributed by atoms with Gasteiger partial charge in [0.2, 0.25) is 11.7 Å². The number of carbonyl (C=O) groups is 2. The lowest BCUT2D eigenvalue weighted by Crippen LogP contribution is -2.49. The molecule has 7 heteroatoms. The minimum Gasteiger partial charge on any atom is -0.475 e. The molecule has 2 heterocycles. The van der Waals surface area contributed by atoms with E-state index < -0.39 is 5.97 Å². The van der Waals surface area contributed by atoms with E-state index >= 15 is 0 Å². The molecule has 0 bridgehead atoms. The quantitative estimate of drug-likeness (QED) is 0.808. The first kappa shape index (κ1) is 14.5. The van der Waals surface area contributed by atoms with Crippen LogP contribution in [0.4, 0.5) is 0 Å². The zero-order chi connectivity index (χ0) is 14.5. The molecule has 0 aromatic carbocycles. The molecule has 7 nitrogen and oxygen atoms in total. The summed E-state index contributed by atoms with van der Waals surface area (Å²) < 4.78 is 10.3. The molecule has 0 saturated carbocycles. The predicted octanol–water partition coefficient (Wildman–Crippen LogP) is 0.315. The number of morpholine rings is 1. The van der Waals surface area contributed by atoms with Crippen LogP contribution in [0, 0.1) is 0 Å². The van der Waals surface area contributed by atoms with Crippen molar-refractivity contribution in [3.8, 4) is 0 Å². The molecule has 1 atom stereocenters. The van der Waals surface area contributed by atoms with Gasteiger partial charge in [-0.1, -0.05) is 0 Å². The summed E-state index contributed by atoms with van der Waals surface area (Å²) in [6.45, 7) is 4.43. The Kier molecular flexibility index (Phi) is 4.75. The molecule has 0 spiro atoms. The molecule has 0 aliphatic carbocycles. The Labute approximate surface area is 116 Å². The minimum atomic E-state index is -1.10. The van der Waals surface area contributed by atoms with Gasteiger partial charge in [0.15, 0.2) is 0 Å². The van der Waals surface area contributed by atoms with Crippen LogP contribution < -0.4 is 5.32 Å². The Hall–Kier alpha value is -1.86. The normalized spacial score (nSPS) is 16.9. The van der Waals surface area contributed by atoms with Crippen LogP contribution in [0.15, 0.2) is 16.5 Å². The van der Waals surface area contributed by atoms with Gasteiger partial charge in [-0.2, -0.15) is 0 Å². The zero-order valence-electron chi connectivity index (χ0n) is 11.3. The van der Waals surface area contributed by atoms with E-state index in [9.17, 15) is 9.59 Å². The van der Waals surface area contributed by atoms with Crippen LogP contribution in [-0.2, 0) is 16.1 Å². The highest BCUT2D eigenvalue weighted by atomic mass is 16.5. The summed E-state index contributed by atoms with van der Waals surface area (Å²) in [6, 6.07) is 2.63. The van der Waals surface area contributed by atoms with E-state index in [2.05, 4.69) is 5.32 Å². The van der Waals surface area contributed by atoms with Gasteiger partial charge in [0, 0.05) is 13.1 Å². The Morgan fingerprint density at radius 1 is 1.40 bits per heavy atom. The van der Waals surface area contributed by atoms with Crippen molar-refractivity contribution < 1.29 is 23.8 Å². The number of aromatic carboxylic acids is 1. The summed E-state index contributed by atoms with van der Waals surface area (Å²) in [7, 11) is 0. The van der Waals surface area contributed by atoms with Crippen molar-refractivity contribution in [2.75, 3.05) is 26.3 Å². The number of carbonyl (C=O) groups excluding carboxylic acids is 1. The Morgan fingerprint density at radius 3 is 2.70 bits per heavy atom. The van der Waals surface area contributed by atoms with E-state index in [-0.39, 0.29) is 17.7 Å². The first-order chi connectivity index (χ1) is 9.58. The van der Waals surface area contributed by atoms with Crippen LogP contribution in [0.2, 0.25) is 0 Å². The molecular formula is C13H18N2O5. The van der Waals surface area contributed by atoms with Crippen molar-refractivity contribution >= 4 is 11.9 Å². The van der Waals surface area contributed by atoms with Crippen molar-refractivity contribution in [3.05, 3.63) is 23.7 Å². The number of rotatable bonds is 5. The number of carboxylic acid groups (broad SMARTS) is 1. The third-order valence-corrected chi connectivity index (χ3v) is 3.15. The maximum absolute atomic E-state index is 12.1. The minimum absolute atomic E-state index is 0.0123. The number of hydrogen-bond acceptors (Lipinski definition) is 5. The fourth-order valence-corrected chi connectivity index (χ4v) is 1.99. The van der Waals surface area contributed by atoms with Gasteiger partial charge in [0.05, 0.1) is 25.8 Å². The van der Waals surface area contributed by atoms with E-state index in [1.807, 2.05) is 0 Å². The molecule has 20 heavy (non-hydrogen) atoms. The smallest absolute Gasteiger partial charge is 0.371 e. The maximum Gasteiger partial charge on any atom is 0.371 e. The van der Waals surface area contributed by atoms with Gasteiger partial charge in [0.25, 0.3) is 0 Å². The van der Waals surface area contributed by atoms with Crippen molar-refractivity contribution in [1.82, 2.24) is 10.2 Å². The first-order valence-electron chi connectivity index (χ1n) is 6.50. The van der Waals surface area contributed by atoms with Gasteiger partial charge in [-0.15, -0.1) is 0 Å². The highest BCUT2D eigenvalue weighted by Crippen LogP contribution is 2.08. The van der Waals surface area contributed by atoms with Crippen LogP contribution in [-0.4, -0.2) is 54.2 Å². The summed E-state index contributed by atoms with van der Waals surface area (Å²) in [5.74, 6) is -0.704. The molecule has 1 unspecified atom stereocenters. The number of ether oxygens (including phenoxy) is 1. The van der Waals surface area contributed by atoms with Gasteiger partial charge >= 0.3 is 5.97 Å². The second-order valence-corrected chi connectivity index (χ2v) is 4.61. The molecule has 1 saturated heterocycles. The standard InChI is InChI=1S/C13H18N2O5/c1-9(12(16)15-4-6-19-7-5-15)14-8-10-2-3-11(20-10)13(17)18/h2-3,9,14H,4-8H2,1H3,(H,17,18). The van der Waals surface area contributed by atoms with E-state index in [1.165, 1.54) is 6.07 Å². The molecule has 1 aliphatic heterocycles.